The molecule has 2 heteroatoms. The second kappa shape index (κ2) is 5.31. The molecule has 0 aromatic heterocycles. The number of aliphatic hydroxyl groups is 1. The lowest BCUT2D eigenvalue weighted by molar-refractivity contribution is -0.154. The second-order valence-electron chi connectivity index (χ2n) is 9.74. The first kappa shape index (κ1) is 16.1. The summed E-state index contributed by atoms with van der Waals surface area (Å²) < 4.78 is 0. The highest BCUT2D eigenvalue weighted by Gasteiger charge is 2.61. The molecule has 0 amide bonds. The summed E-state index contributed by atoms with van der Waals surface area (Å²) in [5.41, 5.74) is 0.409. The van der Waals surface area contributed by atoms with Gasteiger partial charge in [-0.25, -0.2) is 0 Å². The van der Waals surface area contributed by atoms with Gasteiger partial charge in [0, 0.05) is 11.8 Å². The average Bonchev–Trinajstić information content (AvgIpc) is 2.83. The Labute approximate surface area is 141 Å². The molecular formula is C21H34O2. The summed E-state index contributed by atoms with van der Waals surface area (Å²) in [6.07, 6.45) is 10.1. The molecule has 2 nitrogen and oxygen atoms in total. The van der Waals surface area contributed by atoms with Gasteiger partial charge in [0.1, 0.15) is 5.78 Å². The van der Waals surface area contributed by atoms with Crippen LogP contribution in [-0.4, -0.2) is 17.0 Å². The molecule has 0 saturated heterocycles. The molecule has 3 unspecified atom stereocenters. The maximum Gasteiger partial charge on any atom is 0.139 e. The Hall–Kier alpha value is -0.370. The third kappa shape index (κ3) is 2.12. The van der Waals surface area contributed by atoms with Crippen LogP contribution in [0.4, 0.5) is 0 Å². The molecule has 23 heavy (non-hydrogen) atoms. The van der Waals surface area contributed by atoms with Gasteiger partial charge in [-0.3, -0.25) is 4.79 Å². The molecule has 130 valence electrons. The Kier molecular flexibility index (Phi) is 3.72. The predicted octanol–water partition coefficient (Wildman–Crippen LogP) is 4.60. The second-order valence-corrected chi connectivity index (χ2v) is 9.74. The van der Waals surface area contributed by atoms with Crippen molar-refractivity contribution in [2.75, 3.05) is 0 Å². The van der Waals surface area contributed by atoms with Crippen LogP contribution in [0.15, 0.2) is 0 Å². The van der Waals surface area contributed by atoms with Crippen molar-refractivity contribution in [1.29, 1.82) is 0 Å². The fourth-order valence-corrected chi connectivity index (χ4v) is 7.71. The van der Waals surface area contributed by atoms with Crippen LogP contribution < -0.4 is 0 Å². The summed E-state index contributed by atoms with van der Waals surface area (Å²) >= 11 is 0. The molecule has 0 bridgehead atoms. The fourth-order valence-electron chi connectivity index (χ4n) is 7.71. The van der Waals surface area contributed by atoms with E-state index in [1.54, 1.807) is 0 Å². The van der Waals surface area contributed by atoms with Crippen molar-refractivity contribution < 1.29 is 9.90 Å². The van der Waals surface area contributed by atoms with Crippen LogP contribution >= 0.6 is 0 Å². The van der Waals surface area contributed by atoms with Crippen molar-refractivity contribution in [3.63, 3.8) is 0 Å². The molecule has 1 N–H and O–H groups in total. The summed E-state index contributed by atoms with van der Waals surface area (Å²) in [4.78, 5) is 12.5. The molecule has 0 aromatic carbocycles. The third-order valence-electron chi connectivity index (χ3n) is 9.05. The number of carbonyl (C=O) groups is 1. The van der Waals surface area contributed by atoms with Gasteiger partial charge in [0.05, 0.1) is 6.10 Å². The van der Waals surface area contributed by atoms with E-state index < -0.39 is 0 Å². The largest absolute Gasteiger partial charge is 0.393 e. The minimum absolute atomic E-state index is 0.00314. The average molecular weight is 319 g/mol. The molecule has 0 aromatic rings. The van der Waals surface area contributed by atoms with Gasteiger partial charge in [-0.2, -0.15) is 0 Å². The molecule has 0 aliphatic heterocycles. The van der Waals surface area contributed by atoms with Crippen LogP contribution in [0, 0.1) is 40.4 Å². The van der Waals surface area contributed by atoms with E-state index in [4.69, 9.17) is 0 Å². The molecule has 4 rings (SSSR count). The topological polar surface area (TPSA) is 37.3 Å². The Morgan fingerprint density at radius 2 is 1.83 bits per heavy atom. The highest BCUT2D eigenvalue weighted by atomic mass is 16.3. The molecular weight excluding hydrogens is 284 g/mol. The Morgan fingerprint density at radius 3 is 2.57 bits per heavy atom. The highest BCUT2D eigenvalue weighted by molar-refractivity contribution is 5.87. The summed E-state index contributed by atoms with van der Waals surface area (Å²) in [6, 6.07) is 0. The fraction of sp³-hybridized carbons (Fsp3) is 0.952. The molecule has 4 saturated carbocycles. The molecule has 4 fully saturated rings. The van der Waals surface area contributed by atoms with Gasteiger partial charge in [-0.05, 0) is 80.0 Å². The molecule has 0 radical (unpaired) electrons. The number of fused-ring (bicyclic) bond motifs is 5. The Balaban J connectivity index is 1.69. The first-order valence-corrected chi connectivity index (χ1v) is 10.1. The number of carbonyl (C=O) groups excluding carboxylic acids is 1. The molecule has 0 heterocycles. The minimum atomic E-state index is -0.0689. The first-order chi connectivity index (χ1) is 10.9. The van der Waals surface area contributed by atoms with Gasteiger partial charge in [-0.1, -0.05) is 27.2 Å². The van der Waals surface area contributed by atoms with Gasteiger partial charge < -0.3 is 5.11 Å². The van der Waals surface area contributed by atoms with E-state index in [-0.39, 0.29) is 11.5 Å². The van der Waals surface area contributed by atoms with Crippen molar-refractivity contribution in [2.24, 2.45) is 40.4 Å². The van der Waals surface area contributed by atoms with Gasteiger partial charge in [0.25, 0.3) is 0 Å². The van der Waals surface area contributed by atoms with Crippen LogP contribution in [0.2, 0.25) is 0 Å². The Morgan fingerprint density at radius 1 is 1.04 bits per heavy atom. The number of ketones is 1. The predicted molar refractivity (Wildman–Crippen MR) is 91.9 cm³/mol. The first-order valence-electron chi connectivity index (χ1n) is 10.1. The van der Waals surface area contributed by atoms with Crippen molar-refractivity contribution in [3.8, 4) is 0 Å². The monoisotopic (exact) mass is 318 g/mol. The summed E-state index contributed by atoms with van der Waals surface area (Å²) in [6.45, 7) is 7.17. The van der Waals surface area contributed by atoms with Crippen molar-refractivity contribution in [1.82, 2.24) is 0 Å². The molecule has 4 aliphatic rings. The van der Waals surface area contributed by atoms with E-state index in [0.29, 0.717) is 23.0 Å². The van der Waals surface area contributed by atoms with Crippen molar-refractivity contribution >= 4 is 5.78 Å². The summed E-state index contributed by atoms with van der Waals surface area (Å²) in [7, 11) is 0. The van der Waals surface area contributed by atoms with Crippen LogP contribution in [0.3, 0.4) is 0 Å². The molecule has 4 aliphatic carbocycles. The minimum Gasteiger partial charge on any atom is -0.393 e. The van der Waals surface area contributed by atoms with Crippen LogP contribution in [-0.2, 0) is 4.79 Å². The lowest BCUT2D eigenvalue weighted by Gasteiger charge is -2.62. The molecule has 8 atom stereocenters. The number of aliphatic hydroxyl groups excluding tert-OH is 1. The van der Waals surface area contributed by atoms with E-state index in [9.17, 15) is 9.90 Å². The SMILES string of the molecule is CCC1C[C@@H]2[C@@H](CC[C@]3(C)C(=O)CC[C@@H]23)[C@@]2(C)CCC(O)CC12. The normalized spacial score (nSPS) is 55.9. The quantitative estimate of drug-likeness (QED) is 0.767. The zero-order valence-electron chi connectivity index (χ0n) is 15.2. The van der Waals surface area contributed by atoms with Gasteiger partial charge in [0.15, 0.2) is 0 Å². The summed E-state index contributed by atoms with van der Waals surface area (Å²) in [5, 5.41) is 10.3. The third-order valence-corrected chi connectivity index (χ3v) is 9.05. The number of hydrogen-bond acceptors (Lipinski definition) is 2. The number of hydrogen-bond donors (Lipinski definition) is 1. The van der Waals surface area contributed by atoms with Gasteiger partial charge >= 0.3 is 0 Å². The molecule has 0 spiro atoms. The lowest BCUT2D eigenvalue weighted by Crippen LogP contribution is -2.56. The lowest BCUT2D eigenvalue weighted by atomic mass is 9.43. The maximum atomic E-state index is 12.5. The van der Waals surface area contributed by atoms with Gasteiger partial charge in [-0.15, -0.1) is 0 Å². The maximum absolute atomic E-state index is 12.5. The van der Waals surface area contributed by atoms with E-state index in [1.807, 2.05) is 0 Å². The van der Waals surface area contributed by atoms with Crippen molar-refractivity contribution in [2.45, 2.75) is 84.7 Å². The standard InChI is InChI=1S/C21H34O2/c1-4-13-11-15-16-5-6-19(23)21(16,3)10-8-17(15)20(2)9-7-14(22)12-18(13)20/h13-18,22H,4-12H2,1-3H3/t13?,14?,15-,16-,17+,18?,20+,21-/m0/s1. The number of rotatable bonds is 1. The zero-order valence-corrected chi connectivity index (χ0v) is 15.2. The Bertz CT molecular complexity index is 500. The van der Waals surface area contributed by atoms with Crippen LogP contribution in [0.25, 0.3) is 0 Å². The van der Waals surface area contributed by atoms with Crippen molar-refractivity contribution in [3.05, 3.63) is 0 Å². The van der Waals surface area contributed by atoms with E-state index in [0.717, 1.165) is 49.9 Å². The van der Waals surface area contributed by atoms with E-state index >= 15 is 0 Å². The van der Waals surface area contributed by atoms with Crippen LogP contribution in [0.5, 0.6) is 0 Å². The zero-order chi connectivity index (χ0) is 16.4. The highest BCUT2D eigenvalue weighted by Crippen LogP contribution is 2.66. The van der Waals surface area contributed by atoms with Gasteiger partial charge in [0.2, 0.25) is 0 Å². The smallest absolute Gasteiger partial charge is 0.139 e. The van der Waals surface area contributed by atoms with E-state index in [1.165, 1.54) is 25.7 Å². The number of Topliss-reactive ketones (excluding diaryl/α,β-unsaturated/α-hetero) is 1. The van der Waals surface area contributed by atoms with E-state index in [2.05, 4.69) is 20.8 Å². The van der Waals surface area contributed by atoms with Crippen LogP contribution in [0.1, 0.15) is 78.6 Å². The summed E-state index contributed by atoms with van der Waals surface area (Å²) in [5.74, 6) is 4.23.